The zero-order valence-electron chi connectivity index (χ0n) is 20.5. The predicted octanol–water partition coefficient (Wildman–Crippen LogP) is 4.06. The molecular formula is C28H29F3O6. The van der Waals surface area contributed by atoms with E-state index in [4.69, 9.17) is 9.47 Å². The van der Waals surface area contributed by atoms with E-state index in [0.717, 1.165) is 12.1 Å². The third-order valence-corrected chi connectivity index (χ3v) is 9.92. The van der Waals surface area contributed by atoms with Gasteiger partial charge in [0.2, 0.25) is 5.79 Å². The van der Waals surface area contributed by atoms with E-state index >= 15 is 0 Å². The number of carbonyl (C=O) groups excluding carboxylic acids is 2. The van der Waals surface area contributed by atoms with Crippen molar-refractivity contribution >= 4 is 11.8 Å². The second-order valence-electron chi connectivity index (χ2n) is 11.9. The number of halogens is 3. The maximum absolute atomic E-state index is 14.0. The minimum absolute atomic E-state index is 0.0690. The molecule has 5 fully saturated rings. The molecule has 2 heterocycles. The minimum Gasteiger partial charge on any atom is -0.457 e. The summed E-state index contributed by atoms with van der Waals surface area (Å²) in [5, 5.41) is 23.8. The van der Waals surface area contributed by atoms with Gasteiger partial charge in [-0.2, -0.15) is 13.2 Å². The molecule has 0 radical (unpaired) electrons. The van der Waals surface area contributed by atoms with Gasteiger partial charge in [-0.1, -0.05) is 44.7 Å². The highest BCUT2D eigenvalue weighted by molar-refractivity contribution is 6.05. The van der Waals surface area contributed by atoms with Gasteiger partial charge in [-0.15, -0.1) is 0 Å². The van der Waals surface area contributed by atoms with Crippen LogP contribution in [0.3, 0.4) is 0 Å². The standard InChI is InChI=1S/C28H29F3O6/c1-14-15-9-10-18-25-12-6-11-24(2,3)19(25)21(33)27(35,36-13-25)26(18,20(14)32)22(15)37-23(34)16-7-4-5-8-17(16)28(29,30)31/h4-8,12,15,18-19,21-22,33,35H,1,9-11,13H2,2-3H3/t15-,18-,19+,21-,22+,25+,26-,27-/m0/s1. The molecular weight excluding hydrogens is 489 g/mol. The van der Waals surface area contributed by atoms with E-state index < -0.39 is 81.0 Å². The van der Waals surface area contributed by atoms with Crippen LogP contribution in [-0.2, 0) is 20.4 Å². The first kappa shape index (κ1) is 24.8. The van der Waals surface area contributed by atoms with Crippen molar-refractivity contribution in [1.29, 1.82) is 0 Å². The lowest BCUT2D eigenvalue weighted by Crippen LogP contribution is -2.83. The summed E-state index contributed by atoms with van der Waals surface area (Å²) >= 11 is 0. The predicted molar refractivity (Wildman–Crippen MR) is 124 cm³/mol. The number of carbonyl (C=O) groups is 2. The fourth-order valence-corrected chi connectivity index (χ4v) is 8.63. The van der Waals surface area contributed by atoms with Gasteiger partial charge in [0.15, 0.2) is 5.78 Å². The molecule has 8 atom stereocenters. The van der Waals surface area contributed by atoms with Crippen molar-refractivity contribution < 1.29 is 42.4 Å². The van der Waals surface area contributed by atoms with Crippen LogP contribution in [0, 0.1) is 34.0 Å². The second-order valence-corrected chi connectivity index (χ2v) is 11.9. The van der Waals surface area contributed by atoms with Crippen LogP contribution in [0.1, 0.15) is 49.0 Å². The van der Waals surface area contributed by atoms with Crippen molar-refractivity contribution in [3.63, 3.8) is 0 Å². The first-order valence-corrected chi connectivity index (χ1v) is 12.6. The Morgan fingerprint density at radius 3 is 2.62 bits per heavy atom. The van der Waals surface area contributed by atoms with Crippen molar-refractivity contribution in [2.24, 2.45) is 34.0 Å². The number of aliphatic hydroxyl groups is 2. The molecule has 2 saturated heterocycles. The van der Waals surface area contributed by atoms with Crippen LogP contribution in [0.2, 0.25) is 0 Å². The van der Waals surface area contributed by atoms with Gasteiger partial charge in [-0.25, -0.2) is 4.79 Å². The van der Waals surface area contributed by atoms with E-state index in [9.17, 15) is 33.0 Å². The lowest BCUT2D eigenvalue weighted by Gasteiger charge is -2.72. The Morgan fingerprint density at radius 1 is 1.22 bits per heavy atom. The molecule has 3 saturated carbocycles. The van der Waals surface area contributed by atoms with E-state index in [1.807, 2.05) is 26.0 Å². The van der Waals surface area contributed by atoms with Gasteiger partial charge in [-0.3, -0.25) is 4.79 Å². The van der Waals surface area contributed by atoms with Gasteiger partial charge in [-0.05, 0) is 48.3 Å². The Labute approximate surface area is 212 Å². The largest absolute Gasteiger partial charge is 0.457 e. The minimum atomic E-state index is -4.80. The maximum atomic E-state index is 14.0. The molecule has 2 aliphatic heterocycles. The normalized spacial score (nSPS) is 43.4. The van der Waals surface area contributed by atoms with Crippen molar-refractivity contribution in [2.45, 2.75) is 57.3 Å². The Bertz CT molecular complexity index is 1250. The number of ether oxygens (including phenoxy) is 2. The Kier molecular flexibility index (Phi) is 4.92. The lowest BCUT2D eigenvalue weighted by molar-refractivity contribution is -0.436. The number of benzene rings is 1. The third kappa shape index (κ3) is 2.77. The van der Waals surface area contributed by atoms with E-state index in [0.29, 0.717) is 19.3 Å². The Morgan fingerprint density at radius 2 is 1.92 bits per heavy atom. The molecule has 0 amide bonds. The molecule has 0 aromatic heterocycles. The number of hydrogen-bond donors (Lipinski definition) is 2. The molecule has 6 aliphatic rings. The van der Waals surface area contributed by atoms with Gasteiger partial charge in [0, 0.05) is 17.3 Å². The summed E-state index contributed by atoms with van der Waals surface area (Å²) in [4.78, 5) is 27.3. The number of Topliss-reactive ketones (excluding diaryl/α,β-unsaturated/α-hetero) is 1. The summed E-state index contributed by atoms with van der Waals surface area (Å²) < 4.78 is 52.7. The summed E-state index contributed by atoms with van der Waals surface area (Å²) in [6, 6.07) is 4.29. The van der Waals surface area contributed by atoms with Crippen molar-refractivity contribution in [3.05, 3.63) is 59.7 Å². The molecule has 7 rings (SSSR count). The molecule has 6 nitrogen and oxygen atoms in total. The lowest BCUT2D eigenvalue weighted by atomic mass is 9.37. The summed E-state index contributed by atoms with van der Waals surface area (Å²) in [6.45, 7) is 7.99. The van der Waals surface area contributed by atoms with Crippen LogP contribution in [0.15, 0.2) is 48.6 Å². The van der Waals surface area contributed by atoms with Gasteiger partial charge < -0.3 is 19.7 Å². The van der Waals surface area contributed by atoms with Gasteiger partial charge >= 0.3 is 12.1 Å². The van der Waals surface area contributed by atoms with Gasteiger partial charge in [0.1, 0.15) is 17.6 Å². The summed E-state index contributed by atoms with van der Waals surface area (Å²) in [6.07, 6.45) is -2.12. The molecule has 4 aliphatic carbocycles. The number of allylic oxidation sites excluding steroid dienone is 1. The topological polar surface area (TPSA) is 93.1 Å². The SMILES string of the molecule is C=C1C(=O)[C@]23[C@H](OC(=O)c4ccccc4C(F)(F)F)[C@H]1CC[C@H]2[C@]12C=CCC(C)(C)[C@H]1[C@H](O)[C@]3(O)OC2. The summed E-state index contributed by atoms with van der Waals surface area (Å²) in [5.74, 6) is -5.92. The Balaban J connectivity index is 1.51. The number of rotatable bonds is 2. The number of hydrogen-bond acceptors (Lipinski definition) is 6. The van der Waals surface area contributed by atoms with E-state index in [1.54, 1.807) is 0 Å². The number of esters is 1. The molecule has 0 unspecified atom stereocenters. The second kappa shape index (κ2) is 7.33. The quantitative estimate of drug-likeness (QED) is 0.349. The number of fused-ring (bicyclic) bond motifs is 2. The molecule has 37 heavy (non-hydrogen) atoms. The number of ketones is 1. The van der Waals surface area contributed by atoms with Crippen LogP contribution in [0.25, 0.3) is 0 Å². The highest BCUT2D eigenvalue weighted by Gasteiger charge is 2.86. The zero-order valence-corrected chi connectivity index (χ0v) is 20.5. The first-order valence-electron chi connectivity index (χ1n) is 12.6. The summed E-state index contributed by atoms with van der Waals surface area (Å²) in [5.41, 5.74) is -4.85. The average molecular weight is 519 g/mol. The summed E-state index contributed by atoms with van der Waals surface area (Å²) in [7, 11) is 0. The number of alkyl halides is 3. The highest BCUT2D eigenvalue weighted by atomic mass is 19.4. The highest BCUT2D eigenvalue weighted by Crippen LogP contribution is 2.75. The van der Waals surface area contributed by atoms with Crippen molar-refractivity contribution in [3.8, 4) is 0 Å². The van der Waals surface area contributed by atoms with Gasteiger partial charge in [0.25, 0.3) is 0 Å². The van der Waals surface area contributed by atoms with Crippen LogP contribution >= 0.6 is 0 Å². The molecule has 2 N–H and O–H groups in total. The van der Waals surface area contributed by atoms with Gasteiger partial charge in [0.05, 0.1) is 17.7 Å². The van der Waals surface area contributed by atoms with Crippen molar-refractivity contribution in [1.82, 2.24) is 0 Å². The first-order chi connectivity index (χ1) is 17.2. The fraction of sp³-hybridized carbons (Fsp3) is 0.571. The van der Waals surface area contributed by atoms with Crippen LogP contribution < -0.4 is 0 Å². The monoisotopic (exact) mass is 518 g/mol. The molecule has 198 valence electrons. The molecule has 2 spiro atoms. The number of aliphatic hydroxyl groups excluding tert-OH is 1. The van der Waals surface area contributed by atoms with Crippen LogP contribution in [-0.4, -0.2) is 46.6 Å². The molecule has 4 bridgehead atoms. The average Bonchev–Trinajstić information content (AvgIpc) is 2.94. The smallest absolute Gasteiger partial charge is 0.417 e. The Hall–Kier alpha value is -2.49. The van der Waals surface area contributed by atoms with Crippen LogP contribution in [0.5, 0.6) is 0 Å². The molecule has 1 aromatic rings. The van der Waals surface area contributed by atoms with Crippen molar-refractivity contribution in [2.75, 3.05) is 6.61 Å². The van der Waals surface area contributed by atoms with E-state index in [1.165, 1.54) is 12.1 Å². The third-order valence-electron chi connectivity index (χ3n) is 9.92. The fourth-order valence-electron chi connectivity index (χ4n) is 8.63. The van der Waals surface area contributed by atoms with E-state index in [2.05, 4.69) is 6.58 Å². The van der Waals surface area contributed by atoms with E-state index in [-0.39, 0.29) is 12.2 Å². The van der Waals surface area contributed by atoms with Crippen LogP contribution in [0.4, 0.5) is 13.2 Å². The maximum Gasteiger partial charge on any atom is 0.417 e. The molecule has 1 aromatic carbocycles. The molecule has 9 heteroatoms. The zero-order chi connectivity index (χ0) is 26.8.